The smallest absolute Gasteiger partial charge is 0.345 e. The van der Waals surface area contributed by atoms with Crippen LogP contribution in [0, 0.1) is 0 Å². The standard InChI is InChI=1S/C19H18N4O3/c1-23(2)16-9-8-13-10-14(18(24)26-17(13)11-16)12-20-22-19(25)21-15-6-4-3-5-7-15/h3-12H,1-2H3,(H2,21,22,25)/b20-12+. The molecule has 7 nitrogen and oxygen atoms in total. The summed E-state index contributed by atoms with van der Waals surface area (Å²) in [5.74, 6) is 0. The first-order valence-electron chi connectivity index (χ1n) is 7.93. The van der Waals surface area contributed by atoms with Crippen LogP contribution in [0.4, 0.5) is 16.2 Å². The Bertz CT molecular complexity index is 1010. The van der Waals surface area contributed by atoms with Crippen LogP contribution in [0.2, 0.25) is 0 Å². The molecule has 0 radical (unpaired) electrons. The van der Waals surface area contributed by atoms with E-state index in [0.29, 0.717) is 11.3 Å². The highest BCUT2D eigenvalue weighted by Crippen LogP contribution is 2.20. The number of carbonyl (C=O) groups excluding carboxylic acids is 1. The molecular formula is C19H18N4O3. The number of hydrogen-bond acceptors (Lipinski definition) is 5. The minimum absolute atomic E-state index is 0.245. The predicted molar refractivity (Wildman–Crippen MR) is 103 cm³/mol. The first-order valence-corrected chi connectivity index (χ1v) is 7.93. The van der Waals surface area contributed by atoms with E-state index in [2.05, 4.69) is 15.8 Å². The Morgan fingerprint density at radius 1 is 1.12 bits per heavy atom. The van der Waals surface area contributed by atoms with Crippen molar-refractivity contribution in [3.05, 3.63) is 70.6 Å². The monoisotopic (exact) mass is 350 g/mol. The third-order valence-electron chi connectivity index (χ3n) is 3.66. The van der Waals surface area contributed by atoms with Gasteiger partial charge in [-0.1, -0.05) is 18.2 Å². The molecule has 0 bridgehead atoms. The van der Waals surface area contributed by atoms with Crippen LogP contribution < -0.4 is 21.3 Å². The van der Waals surface area contributed by atoms with Gasteiger partial charge < -0.3 is 14.6 Å². The normalized spacial score (nSPS) is 10.8. The van der Waals surface area contributed by atoms with Crippen molar-refractivity contribution in [2.45, 2.75) is 0 Å². The molecule has 0 saturated heterocycles. The molecular weight excluding hydrogens is 332 g/mol. The van der Waals surface area contributed by atoms with E-state index in [1.54, 1.807) is 36.4 Å². The van der Waals surface area contributed by atoms with Crippen LogP contribution in [0.3, 0.4) is 0 Å². The lowest BCUT2D eigenvalue weighted by molar-refractivity contribution is 0.252. The maximum absolute atomic E-state index is 12.1. The quantitative estimate of drug-likeness (QED) is 0.430. The van der Waals surface area contributed by atoms with Crippen molar-refractivity contribution >= 4 is 34.6 Å². The number of carbonyl (C=O) groups is 1. The lowest BCUT2D eigenvalue weighted by atomic mass is 10.2. The number of nitrogens with one attached hydrogen (secondary N) is 2. The number of benzene rings is 2. The molecule has 2 amide bonds. The lowest BCUT2D eigenvalue weighted by Crippen LogP contribution is -2.24. The minimum Gasteiger partial charge on any atom is -0.422 e. The maximum Gasteiger partial charge on any atom is 0.345 e. The Hall–Kier alpha value is -3.61. The topological polar surface area (TPSA) is 86.9 Å². The molecule has 1 aromatic heterocycles. The molecule has 0 aliphatic carbocycles. The van der Waals surface area contributed by atoms with Gasteiger partial charge in [0.2, 0.25) is 0 Å². The van der Waals surface area contributed by atoms with Gasteiger partial charge >= 0.3 is 11.7 Å². The van der Waals surface area contributed by atoms with Gasteiger partial charge in [0.1, 0.15) is 5.58 Å². The lowest BCUT2D eigenvalue weighted by Gasteiger charge is -2.12. The largest absolute Gasteiger partial charge is 0.422 e. The highest BCUT2D eigenvalue weighted by molar-refractivity contribution is 5.91. The molecule has 0 aliphatic heterocycles. The number of nitrogens with zero attached hydrogens (tertiary/aromatic N) is 2. The summed E-state index contributed by atoms with van der Waals surface area (Å²) in [6.45, 7) is 0. The van der Waals surface area contributed by atoms with Crippen LogP contribution >= 0.6 is 0 Å². The Morgan fingerprint density at radius 3 is 2.62 bits per heavy atom. The number of amides is 2. The zero-order chi connectivity index (χ0) is 18.5. The summed E-state index contributed by atoms with van der Waals surface area (Å²) in [4.78, 5) is 25.8. The highest BCUT2D eigenvalue weighted by Gasteiger charge is 2.06. The van der Waals surface area contributed by atoms with Crippen LogP contribution in [-0.4, -0.2) is 26.3 Å². The molecule has 3 aromatic rings. The second kappa shape index (κ2) is 7.52. The second-order valence-electron chi connectivity index (χ2n) is 5.80. The zero-order valence-corrected chi connectivity index (χ0v) is 14.4. The van der Waals surface area contributed by atoms with E-state index in [1.807, 2.05) is 37.2 Å². The number of fused-ring (bicyclic) bond motifs is 1. The molecule has 0 atom stereocenters. The molecule has 0 spiro atoms. The second-order valence-corrected chi connectivity index (χ2v) is 5.80. The van der Waals surface area contributed by atoms with Gasteiger partial charge in [0, 0.05) is 36.9 Å². The van der Waals surface area contributed by atoms with Gasteiger partial charge in [-0.3, -0.25) is 0 Å². The van der Waals surface area contributed by atoms with E-state index < -0.39 is 11.7 Å². The number of hydrazone groups is 1. The molecule has 3 rings (SSSR count). The Balaban J connectivity index is 1.73. The van der Waals surface area contributed by atoms with Crippen molar-refractivity contribution in [2.75, 3.05) is 24.3 Å². The summed E-state index contributed by atoms with van der Waals surface area (Å²) in [5.41, 5.74) is 4.10. The molecule has 0 unspecified atom stereocenters. The van der Waals surface area contributed by atoms with Crippen LogP contribution in [0.15, 0.2) is 68.9 Å². The number of hydrogen-bond donors (Lipinski definition) is 2. The highest BCUT2D eigenvalue weighted by atomic mass is 16.4. The van der Waals surface area contributed by atoms with E-state index in [-0.39, 0.29) is 5.56 Å². The van der Waals surface area contributed by atoms with E-state index in [0.717, 1.165) is 11.1 Å². The third-order valence-corrected chi connectivity index (χ3v) is 3.66. The summed E-state index contributed by atoms with van der Waals surface area (Å²) < 4.78 is 5.33. The van der Waals surface area contributed by atoms with Crippen molar-refractivity contribution in [3.63, 3.8) is 0 Å². The number of anilines is 2. The molecule has 0 fully saturated rings. The Kier molecular flexibility index (Phi) is 4.98. The van der Waals surface area contributed by atoms with Gasteiger partial charge in [-0.05, 0) is 30.3 Å². The number of urea groups is 1. The zero-order valence-electron chi connectivity index (χ0n) is 14.4. The van der Waals surface area contributed by atoms with Gasteiger partial charge in [0.05, 0.1) is 11.8 Å². The third kappa shape index (κ3) is 4.07. The van der Waals surface area contributed by atoms with E-state index in [1.165, 1.54) is 6.21 Å². The SMILES string of the molecule is CN(C)c1ccc2cc(/C=N/NC(=O)Nc3ccccc3)c(=O)oc2c1. The van der Waals surface area contributed by atoms with Crippen LogP contribution in [0.1, 0.15) is 5.56 Å². The van der Waals surface area contributed by atoms with Crippen molar-refractivity contribution in [1.29, 1.82) is 0 Å². The number of para-hydroxylation sites is 1. The molecule has 2 N–H and O–H groups in total. The minimum atomic E-state index is -0.526. The predicted octanol–water partition coefficient (Wildman–Crippen LogP) is 3.01. The van der Waals surface area contributed by atoms with Gasteiger partial charge in [0.25, 0.3) is 0 Å². The summed E-state index contributed by atoms with van der Waals surface area (Å²) in [7, 11) is 3.82. The summed E-state index contributed by atoms with van der Waals surface area (Å²) in [6.07, 6.45) is 1.26. The van der Waals surface area contributed by atoms with Crippen LogP contribution in [0.5, 0.6) is 0 Å². The molecule has 0 saturated carbocycles. The molecule has 7 heteroatoms. The summed E-state index contributed by atoms with van der Waals surface area (Å²) in [5, 5.41) is 7.18. The van der Waals surface area contributed by atoms with Crippen molar-refractivity contribution in [1.82, 2.24) is 5.43 Å². The average molecular weight is 350 g/mol. The molecule has 2 aromatic carbocycles. The van der Waals surface area contributed by atoms with Gasteiger partial charge in [-0.2, -0.15) is 5.10 Å². The summed E-state index contributed by atoms with van der Waals surface area (Å²) >= 11 is 0. The number of rotatable bonds is 4. The maximum atomic E-state index is 12.1. The fourth-order valence-corrected chi connectivity index (χ4v) is 2.33. The molecule has 1 heterocycles. The Morgan fingerprint density at radius 2 is 1.88 bits per heavy atom. The molecule has 0 aliphatic rings. The van der Waals surface area contributed by atoms with Crippen molar-refractivity contribution in [2.24, 2.45) is 5.10 Å². The van der Waals surface area contributed by atoms with E-state index in [4.69, 9.17) is 4.42 Å². The van der Waals surface area contributed by atoms with Crippen molar-refractivity contribution in [3.8, 4) is 0 Å². The fraction of sp³-hybridized carbons (Fsp3) is 0.105. The first kappa shape index (κ1) is 17.2. The fourth-order valence-electron chi connectivity index (χ4n) is 2.33. The van der Waals surface area contributed by atoms with E-state index in [9.17, 15) is 9.59 Å². The molecule has 26 heavy (non-hydrogen) atoms. The molecule has 132 valence electrons. The average Bonchev–Trinajstić information content (AvgIpc) is 2.62. The van der Waals surface area contributed by atoms with Crippen LogP contribution in [-0.2, 0) is 0 Å². The van der Waals surface area contributed by atoms with E-state index >= 15 is 0 Å². The first-order chi connectivity index (χ1) is 12.5. The Labute approximate surface area is 149 Å². The summed E-state index contributed by atoms with van der Waals surface area (Å²) in [6, 6.07) is 15.7. The van der Waals surface area contributed by atoms with Gasteiger partial charge in [-0.15, -0.1) is 0 Å². The van der Waals surface area contributed by atoms with Gasteiger partial charge in [0.15, 0.2) is 0 Å². The van der Waals surface area contributed by atoms with Crippen molar-refractivity contribution < 1.29 is 9.21 Å². The van der Waals surface area contributed by atoms with Crippen LogP contribution in [0.25, 0.3) is 11.0 Å². The van der Waals surface area contributed by atoms with Gasteiger partial charge in [-0.25, -0.2) is 15.0 Å².